The zero-order valence-corrected chi connectivity index (χ0v) is 12.1. The zero-order chi connectivity index (χ0) is 10.8. The first-order valence-corrected chi connectivity index (χ1v) is 1.89. The predicted octanol–water partition coefficient (Wildman–Crippen LogP) is -6.92. The molecule has 0 aliphatic rings. The van der Waals surface area contributed by atoms with E-state index in [0.717, 1.165) is 0 Å². The monoisotopic (exact) mass is 377 g/mol. The van der Waals surface area contributed by atoms with E-state index in [1.165, 1.54) is 0 Å². The number of rotatable bonds is 0. The molecule has 14 heavy (non-hydrogen) atoms. The molecular weight excluding hydrogens is 372 g/mol. The van der Waals surface area contributed by atoms with Crippen LogP contribution in [-0.2, 0) is 36.0 Å². The van der Waals surface area contributed by atoms with Gasteiger partial charge in [-0.15, -0.1) is 0 Å². The van der Waals surface area contributed by atoms with Gasteiger partial charge in [0, 0.05) is 25.9 Å². The average Bonchev–Trinajstić information content (AvgIpc) is 1.92. The first kappa shape index (κ1) is 37.0. The van der Waals surface area contributed by atoms with Crippen molar-refractivity contribution in [2.24, 2.45) is 0 Å². The average molecular weight is 376 g/mol. The van der Waals surface area contributed by atoms with Crippen molar-refractivity contribution in [2.75, 3.05) is 0 Å². The third kappa shape index (κ3) is 811000. The van der Waals surface area contributed by atoms with E-state index in [9.17, 15) is 0 Å². The summed E-state index contributed by atoms with van der Waals surface area (Å²) in [6.07, 6.45) is 0. The first-order chi connectivity index (χ1) is 5.66. The molecule has 0 heterocycles. The molecule has 0 aromatic rings. The van der Waals surface area contributed by atoms with Gasteiger partial charge >= 0.3 is 65.7 Å². The number of hydrogen-bond donors (Lipinski definition) is 0. The summed E-state index contributed by atoms with van der Waals surface area (Å²) in [7, 11) is 0. The second-order valence-electron chi connectivity index (χ2n) is 0.385. The topological polar surface area (TPSA) is 161 Å². The van der Waals surface area contributed by atoms with Crippen LogP contribution in [-0.4, -0.2) is 74.8 Å². The fraction of sp³-hybridized carbons (Fsp3) is 0. The number of carbonyl (C=O) groups excluding carboxylic acids is 4. The van der Waals surface area contributed by atoms with Crippen molar-refractivity contribution in [1.29, 1.82) is 0 Å². The van der Waals surface area contributed by atoms with Gasteiger partial charge in [-0.05, 0) is 0 Å². The van der Waals surface area contributed by atoms with Crippen LogP contribution in [0.2, 0.25) is 0 Å². The van der Waals surface area contributed by atoms with Gasteiger partial charge in [0.1, 0.15) is 0 Å². The summed E-state index contributed by atoms with van der Waals surface area (Å²) in [6.45, 7) is -2.00. The molecule has 0 unspecified atom stereocenters. The molecule has 79 valence electrons. The maximum Gasteiger partial charge on any atom is 2.00 e. The summed E-state index contributed by atoms with van der Waals surface area (Å²) in [5, 5.41) is 33.0. The van der Waals surface area contributed by atoms with Crippen LogP contribution < -0.4 is 20.4 Å². The standard InChI is InChI=1S/4CH2O2.Ba.Co/c4*2-1-3;;/h4*1H,(H,2,3);;/q;;;;2*+2/p-4. The maximum absolute atomic E-state index is 8.25. The second kappa shape index (κ2) is 118. The Labute approximate surface area is 130 Å². The SMILES string of the molecule is O=C[O-].O=C[O-].O=C[O-].O=C[O-].[Ba+2].[Co+2]. The molecule has 0 rings (SSSR count). The molecule has 0 aliphatic heterocycles. The van der Waals surface area contributed by atoms with Gasteiger partial charge in [0.25, 0.3) is 0 Å². The summed E-state index contributed by atoms with van der Waals surface area (Å²) in [6, 6.07) is 0. The first-order valence-electron chi connectivity index (χ1n) is 1.89. The van der Waals surface area contributed by atoms with E-state index in [1.807, 2.05) is 0 Å². The molecule has 8 nitrogen and oxygen atoms in total. The van der Waals surface area contributed by atoms with Gasteiger partial charge in [-0.25, -0.2) is 0 Å². The van der Waals surface area contributed by atoms with E-state index in [0.29, 0.717) is 0 Å². The minimum Gasteiger partial charge on any atom is -0.554 e. The summed E-state index contributed by atoms with van der Waals surface area (Å²) >= 11 is 0. The van der Waals surface area contributed by atoms with Crippen LogP contribution in [0.5, 0.6) is 0 Å². The Morgan fingerprint density at radius 2 is 0.571 bits per heavy atom. The van der Waals surface area contributed by atoms with Gasteiger partial charge in [-0.1, -0.05) is 0 Å². The zero-order valence-electron chi connectivity index (χ0n) is 6.62. The molecule has 0 atom stereocenters. The molecule has 0 amide bonds. The van der Waals surface area contributed by atoms with E-state index in [2.05, 4.69) is 0 Å². The molecule has 10 heteroatoms. The predicted molar refractivity (Wildman–Crippen MR) is 30.0 cm³/mol. The van der Waals surface area contributed by atoms with E-state index in [-0.39, 0.29) is 65.7 Å². The summed E-state index contributed by atoms with van der Waals surface area (Å²) < 4.78 is 0. The van der Waals surface area contributed by atoms with Crippen LogP contribution in [0.3, 0.4) is 0 Å². The van der Waals surface area contributed by atoms with Crippen LogP contribution in [0.25, 0.3) is 0 Å². The summed E-state index contributed by atoms with van der Waals surface area (Å²) in [5.74, 6) is 0. The van der Waals surface area contributed by atoms with Crippen LogP contribution in [0.4, 0.5) is 0 Å². The van der Waals surface area contributed by atoms with Gasteiger partial charge in [0.15, 0.2) is 0 Å². The number of hydrogen-bond acceptors (Lipinski definition) is 8. The Hall–Kier alpha value is -0.0421. The molecule has 0 saturated carbocycles. The van der Waals surface area contributed by atoms with E-state index < -0.39 is 25.9 Å². The third-order valence-corrected chi connectivity index (χ3v) is 0. The molecule has 0 aromatic heterocycles. The molecule has 0 N–H and O–H groups in total. The van der Waals surface area contributed by atoms with Crippen molar-refractivity contribution < 1.29 is 56.4 Å². The van der Waals surface area contributed by atoms with Crippen LogP contribution in [0.1, 0.15) is 0 Å². The van der Waals surface area contributed by atoms with Crippen molar-refractivity contribution in [3.05, 3.63) is 0 Å². The minimum atomic E-state index is -0.500. The fourth-order valence-corrected chi connectivity index (χ4v) is 0. The molecule has 0 saturated heterocycles. The van der Waals surface area contributed by atoms with Gasteiger partial charge in [-0.2, -0.15) is 0 Å². The molecule has 0 aromatic carbocycles. The van der Waals surface area contributed by atoms with Crippen molar-refractivity contribution in [3.8, 4) is 0 Å². The normalized spacial score (nSPS) is 3.43. The van der Waals surface area contributed by atoms with Crippen molar-refractivity contribution in [2.45, 2.75) is 0 Å². The van der Waals surface area contributed by atoms with Crippen molar-refractivity contribution in [1.82, 2.24) is 0 Å². The Bertz CT molecular complexity index is 75.3. The van der Waals surface area contributed by atoms with Gasteiger partial charge in [0.2, 0.25) is 0 Å². The maximum atomic E-state index is 8.25. The van der Waals surface area contributed by atoms with Crippen molar-refractivity contribution in [3.63, 3.8) is 0 Å². The molecule has 0 fully saturated rings. The summed E-state index contributed by atoms with van der Waals surface area (Å²) in [4.78, 5) is 33.0. The Balaban J connectivity index is -0.0000000145. The van der Waals surface area contributed by atoms with E-state index >= 15 is 0 Å². The molecule has 0 bridgehead atoms. The molecule has 1 radical (unpaired) electrons. The van der Waals surface area contributed by atoms with Crippen LogP contribution in [0.15, 0.2) is 0 Å². The van der Waals surface area contributed by atoms with Crippen LogP contribution >= 0.6 is 0 Å². The third-order valence-electron chi connectivity index (χ3n) is 0. The summed E-state index contributed by atoms with van der Waals surface area (Å²) in [5.41, 5.74) is 0. The quantitative estimate of drug-likeness (QED) is 0.298. The fourth-order valence-electron chi connectivity index (χ4n) is 0. The molecule has 0 spiro atoms. The van der Waals surface area contributed by atoms with Gasteiger partial charge < -0.3 is 39.6 Å². The molecule has 0 aliphatic carbocycles. The smallest absolute Gasteiger partial charge is 0.554 e. The number of carbonyl (C=O) groups is 4. The van der Waals surface area contributed by atoms with Gasteiger partial charge in [0.05, 0.1) is 0 Å². The Morgan fingerprint density at radius 1 is 0.571 bits per heavy atom. The number of carboxylic acid groups (broad SMARTS) is 4. The van der Waals surface area contributed by atoms with Gasteiger partial charge in [-0.3, -0.25) is 0 Å². The minimum absolute atomic E-state index is 0. The van der Waals surface area contributed by atoms with Crippen molar-refractivity contribution >= 4 is 74.8 Å². The van der Waals surface area contributed by atoms with E-state index in [4.69, 9.17) is 39.6 Å². The van der Waals surface area contributed by atoms with Crippen LogP contribution in [0, 0.1) is 0 Å². The molecular formula is C4H4BaCoO8. The second-order valence-corrected chi connectivity index (χ2v) is 0.385. The Morgan fingerprint density at radius 3 is 0.571 bits per heavy atom. The Kier molecular flexibility index (Phi) is 313. The van der Waals surface area contributed by atoms with E-state index in [1.54, 1.807) is 0 Å². The largest absolute Gasteiger partial charge is 2.00 e.